The van der Waals surface area contributed by atoms with E-state index in [2.05, 4.69) is 26.0 Å². The van der Waals surface area contributed by atoms with Crippen LogP contribution in [0.15, 0.2) is 12.1 Å². The van der Waals surface area contributed by atoms with Crippen LogP contribution in [0.25, 0.3) is 0 Å². The van der Waals surface area contributed by atoms with E-state index in [1.165, 1.54) is 41.9 Å². The molecule has 0 spiro atoms. The summed E-state index contributed by atoms with van der Waals surface area (Å²) in [5.74, 6) is 0.870. The summed E-state index contributed by atoms with van der Waals surface area (Å²) in [5.41, 5.74) is 6.68. The maximum atomic E-state index is 6.61. The van der Waals surface area contributed by atoms with Gasteiger partial charge in [0.25, 0.3) is 0 Å². The first-order chi connectivity index (χ1) is 8.11. The van der Waals surface area contributed by atoms with Gasteiger partial charge in [-0.1, -0.05) is 26.7 Å². The van der Waals surface area contributed by atoms with Crippen LogP contribution in [0.2, 0.25) is 0 Å². The molecule has 0 aromatic carbocycles. The Morgan fingerprint density at radius 3 is 2.76 bits per heavy atom. The minimum absolute atomic E-state index is 0.0701. The first-order valence-corrected chi connectivity index (χ1v) is 7.79. The normalized spacial score (nSPS) is 30.2. The monoisotopic (exact) mass is 251 g/mol. The molecule has 0 bridgehead atoms. The van der Waals surface area contributed by atoms with Gasteiger partial charge in [0.05, 0.1) is 0 Å². The molecule has 1 nitrogen and oxygen atoms in total. The molecule has 0 aliphatic heterocycles. The van der Waals surface area contributed by atoms with Crippen molar-refractivity contribution in [2.45, 2.75) is 64.3 Å². The van der Waals surface area contributed by atoms with Crippen LogP contribution in [0, 0.1) is 5.92 Å². The molecule has 2 N–H and O–H groups in total. The Morgan fingerprint density at radius 2 is 2.06 bits per heavy atom. The van der Waals surface area contributed by atoms with Gasteiger partial charge in [0.2, 0.25) is 0 Å². The summed E-state index contributed by atoms with van der Waals surface area (Å²) >= 11 is 1.95. The van der Waals surface area contributed by atoms with E-state index < -0.39 is 0 Å². The van der Waals surface area contributed by atoms with E-state index in [1.807, 2.05) is 11.3 Å². The minimum Gasteiger partial charge on any atom is -0.325 e. The second-order valence-corrected chi connectivity index (χ2v) is 7.05. The molecule has 1 aromatic heterocycles. The fraction of sp³-hybridized carbons (Fsp3) is 0.733. The third-order valence-corrected chi connectivity index (χ3v) is 5.33. The summed E-state index contributed by atoms with van der Waals surface area (Å²) in [7, 11) is 0. The molecule has 0 saturated heterocycles. The summed E-state index contributed by atoms with van der Waals surface area (Å²) in [6.45, 7) is 4.59. The first-order valence-electron chi connectivity index (χ1n) is 6.98. The van der Waals surface area contributed by atoms with E-state index in [1.54, 1.807) is 0 Å². The van der Waals surface area contributed by atoms with Crippen molar-refractivity contribution in [3.05, 3.63) is 21.9 Å². The summed E-state index contributed by atoms with van der Waals surface area (Å²) in [6, 6.07) is 4.55. The quantitative estimate of drug-likeness (QED) is 0.802. The maximum absolute atomic E-state index is 6.61. The van der Waals surface area contributed by atoms with Crippen molar-refractivity contribution in [2.75, 3.05) is 0 Å². The van der Waals surface area contributed by atoms with Gasteiger partial charge in [0.1, 0.15) is 0 Å². The molecule has 1 fully saturated rings. The lowest BCUT2D eigenvalue weighted by Crippen LogP contribution is -2.41. The van der Waals surface area contributed by atoms with Gasteiger partial charge in [-0.2, -0.15) is 0 Å². The van der Waals surface area contributed by atoms with Gasteiger partial charge in [-0.05, 0) is 50.2 Å². The Labute approximate surface area is 109 Å². The zero-order chi connectivity index (χ0) is 12.3. The molecule has 2 heteroatoms. The van der Waals surface area contributed by atoms with Crippen LogP contribution >= 0.6 is 11.3 Å². The van der Waals surface area contributed by atoms with Crippen molar-refractivity contribution in [1.82, 2.24) is 0 Å². The lowest BCUT2D eigenvalue weighted by molar-refractivity contribution is 0.365. The molecule has 0 amide bonds. The average Bonchev–Trinajstić information content (AvgIpc) is 2.67. The lowest BCUT2D eigenvalue weighted by Gasteiger charge is -2.27. The van der Waals surface area contributed by atoms with E-state index >= 15 is 0 Å². The molecule has 0 radical (unpaired) electrons. The molecule has 1 aromatic rings. The molecular formula is C15H25NS. The van der Waals surface area contributed by atoms with Crippen LogP contribution in [0.3, 0.4) is 0 Å². The second-order valence-electron chi connectivity index (χ2n) is 5.80. The summed E-state index contributed by atoms with van der Waals surface area (Å²) in [6.07, 6.45) is 8.63. The zero-order valence-corrected chi connectivity index (χ0v) is 12.0. The van der Waals surface area contributed by atoms with Gasteiger partial charge in [0, 0.05) is 15.3 Å². The summed E-state index contributed by atoms with van der Waals surface area (Å²) in [4.78, 5) is 2.98. The van der Waals surface area contributed by atoms with E-state index in [9.17, 15) is 0 Å². The molecule has 2 unspecified atom stereocenters. The molecule has 2 atom stereocenters. The van der Waals surface area contributed by atoms with Gasteiger partial charge >= 0.3 is 0 Å². The Kier molecular flexibility index (Phi) is 4.26. The highest BCUT2D eigenvalue weighted by Crippen LogP contribution is 2.32. The smallest absolute Gasteiger partial charge is 0.0203 e. The first kappa shape index (κ1) is 13.1. The van der Waals surface area contributed by atoms with E-state index in [0.717, 1.165) is 18.8 Å². The highest BCUT2D eigenvalue weighted by molar-refractivity contribution is 7.12. The fourth-order valence-electron chi connectivity index (χ4n) is 2.84. The Bertz CT molecular complexity index is 358. The molecule has 96 valence electrons. The highest BCUT2D eigenvalue weighted by atomic mass is 32.1. The molecule has 2 rings (SSSR count). The van der Waals surface area contributed by atoms with Crippen LogP contribution in [-0.2, 0) is 12.8 Å². The van der Waals surface area contributed by atoms with Gasteiger partial charge in [-0.25, -0.2) is 0 Å². The maximum Gasteiger partial charge on any atom is 0.0203 e. The third kappa shape index (κ3) is 3.56. The Hall–Kier alpha value is -0.340. The number of hydrogen-bond donors (Lipinski definition) is 1. The Morgan fingerprint density at radius 1 is 1.29 bits per heavy atom. The van der Waals surface area contributed by atoms with Crippen molar-refractivity contribution in [1.29, 1.82) is 0 Å². The van der Waals surface area contributed by atoms with Crippen LogP contribution < -0.4 is 5.73 Å². The largest absolute Gasteiger partial charge is 0.325 e. The predicted octanol–water partition coefficient (Wildman–Crippen LogP) is 4.15. The standard InChI is InChI=1S/C15H25NS/c1-3-13-6-7-14(17-13)11-15(16)9-4-5-12(2)8-10-15/h6-7,12H,3-5,8-11,16H2,1-2H3. The minimum atomic E-state index is 0.0701. The third-order valence-electron chi connectivity index (χ3n) is 4.10. The van der Waals surface area contributed by atoms with E-state index in [0.29, 0.717) is 0 Å². The Balaban J connectivity index is 2.00. The van der Waals surface area contributed by atoms with Crippen LogP contribution in [-0.4, -0.2) is 5.54 Å². The average molecular weight is 251 g/mol. The van der Waals surface area contributed by atoms with Crippen molar-refractivity contribution in [3.63, 3.8) is 0 Å². The SMILES string of the molecule is CCc1ccc(CC2(N)CCCC(C)CC2)s1. The van der Waals surface area contributed by atoms with E-state index in [-0.39, 0.29) is 5.54 Å². The van der Waals surface area contributed by atoms with Gasteiger partial charge in [-0.3, -0.25) is 0 Å². The van der Waals surface area contributed by atoms with Crippen molar-refractivity contribution >= 4 is 11.3 Å². The van der Waals surface area contributed by atoms with Crippen LogP contribution in [0.5, 0.6) is 0 Å². The molecule has 1 saturated carbocycles. The zero-order valence-electron chi connectivity index (χ0n) is 11.2. The topological polar surface area (TPSA) is 26.0 Å². The number of thiophene rings is 1. The van der Waals surface area contributed by atoms with Gasteiger partial charge in [0.15, 0.2) is 0 Å². The fourth-order valence-corrected chi connectivity index (χ4v) is 3.95. The molecular weight excluding hydrogens is 226 g/mol. The van der Waals surface area contributed by atoms with Crippen molar-refractivity contribution in [3.8, 4) is 0 Å². The second kappa shape index (κ2) is 5.53. The molecule has 17 heavy (non-hydrogen) atoms. The number of rotatable bonds is 3. The lowest BCUT2D eigenvalue weighted by atomic mass is 9.87. The highest BCUT2D eigenvalue weighted by Gasteiger charge is 2.28. The van der Waals surface area contributed by atoms with E-state index in [4.69, 9.17) is 5.73 Å². The summed E-state index contributed by atoms with van der Waals surface area (Å²) in [5, 5.41) is 0. The number of hydrogen-bond acceptors (Lipinski definition) is 2. The van der Waals surface area contributed by atoms with Crippen LogP contribution in [0.4, 0.5) is 0 Å². The van der Waals surface area contributed by atoms with Gasteiger partial charge < -0.3 is 5.73 Å². The van der Waals surface area contributed by atoms with Crippen molar-refractivity contribution < 1.29 is 0 Å². The molecule has 1 aliphatic rings. The van der Waals surface area contributed by atoms with Gasteiger partial charge in [-0.15, -0.1) is 11.3 Å². The number of aryl methyl sites for hydroxylation is 1. The molecule has 1 heterocycles. The molecule has 1 aliphatic carbocycles. The van der Waals surface area contributed by atoms with Crippen LogP contribution in [0.1, 0.15) is 55.7 Å². The summed E-state index contributed by atoms with van der Waals surface area (Å²) < 4.78 is 0. The number of nitrogens with two attached hydrogens (primary N) is 1. The predicted molar refractivity (Wildman–Crippen MR) is 76.6 cm³/mol. The van der Waals surface area contributed by atoms with Crippen molar-refractivity contribution in [2.24, 2.45) is 11.7 Å².